The number of benzene rings is 1. The highest BCUT2D eigenvalue weighted by Gasteiger charge is 2.31. The van der Waals surface area contributed by atoms with Gasteiger partial charge in [-0.25, -0.2) is 4.18 Å². The van der Waals surface area contributed by atoms with Gasteiger partial charge in [0.1, 0.15) is 5.60 Å². The molecule has 1 rings (SSSR count). The van der Waals surface area contributed by atoms with Gasteiger partial charge >= 0.3 is 0 Å². The predicted octanol–water partition coefficient (Wildman–Crippen LogP) is 0.790. The van der Waals surface area contributed by atoms with Crippen molar-refractivity contribution in [3.05, 3.63) is 29.8 Å². The van der Waals surface area contributed by atoms with Crippen LogP contribution in [-0.2, 0) is 14.3 Å². The molecule has 0 radical (unpaired) electrons. The van der Waals surface area contributed by atoms with Crippen LogP contribution in [0.2, 0.25) is 0 Å². The molecule has 0 aliphatic rings. The van der Waals surface area contributed by atoms with Crippen LogP contribution in [0.1, 0.15) is 19.4 Å². The van der Waals surface area contributed by atoms with E-state index in [0.717, 1.165) is 5.56 Å². The number of rotatable bonds is 4. The highest BCUT2D eigenvalue weighted by molar-refractivity contribution is 7.86. The predicted molar refractivity (Wildman–Crippen MR) is 61.8 cm³/mol. The zero-order chi connectivity index (χ0) is 13.3. The zero-order valence-electron chi connectivity index (χ0n) is 9.91. The second kappa shape index (κ2) is 4.73. The van der Waals surface area contributed by atoms with Gasteiger partial charge in [0, 0.05) is 0 Å². The molecule has 0 aliphatic carbocycles. The molecule has 0 heterocycles. The van der Waals surface area contributed by atoms with Gasteiger partial charge in [-0.05, 0) is 32.9 Å². The summed E-state index contributed by atoms with van der Waals surface area (Å²) in [6, 6.07) is 5.99. The Kier molecular flexibility index (Phi) is 3.93. The number of aryl methyl sites for hydroxylation is 1. The van der Waals surface area contributed by atoms with Gasteiger partial charge < -0.3 is 10.2 Å². The largest absolute Gasteiger partial charge is 0.385 e. The first-order valence-electron chi connectivity index (χ1n) is 5.03. The van der Waals surface area contributed by atoms with Crippen molar-refractivity contribution in [2.75, 3.05) is 0 Å². The molecule has 0 amide bonds. The van der Waals surface area contributed by atoms with Crippen molar-refractivity contribution in [1.29, 1.82) is 0 Å². The van der Waals surface area contributed by atoms with Crippen LogP contribution in [0.15, 0.2) is 29.2 Å². The fourth-order valence-electron chi connectivity index (χ4n) is 0.998. The van der Waals surface area contributed by atoms with E-state index in [4.69, 9.17) is 0 Å². The summed E-state index contributed by atoms with van der Waals surface area (Å²) >= 11 is 0. The quantitative estimate of drug-likeness (QED) is 0.617. The van der Waals surface area contributed by atoms with Crippen molar-refractivity contribution in [3.63, 3.8) is 0 Å². The van der Waals surface area contributed by atoms with Crippen molar-refractivity contribution < 1.29 is 22.8 Å². The molecule has 0 saturated carbocycles. The van der Waals surface area contributed by atoms with Crippen molar-refractivity contribution in [3.8, 4) is 0 Å². The third-order valence-electron chi connectivity index (χ3n) is 2.13. The molecule has 2 N–H and O–H groups in total. The number of aliphatic hydroxyl groups excluding tert-OH is 1. The van der Waals surface area contributed by atoms with Crippen molar-refractivity contribution in [1.82, 2.24) is 0 Å². The molecule has 96 valence electrons. The number of hydrogen-bond donors (Lipinski definition) is 2. The van der Waals surface area contributed by atoms with Gasteiger partial charge in [-0.15, -0.1) is 0 Å². The minimum Gasteiger partial charge on any atom is -0.385 e. The molecule has 0 fully saturated rings. The maximum absolute atomic E-state index is 11.7. The highest BCUT2D eigenvalue weighted by Crippen LogP contribution is 2.18. The lowest BCUT2D eigenvalue weighted by Gasteiger charge is -2.23. The van der Waals surface area contributed by atoms with Gasteiger partial charge in [-0.2, -0.15) is 8.42 Å². The Labute approximate surface area is 101 Å². The Morgan fingerprint density at radius 1 is 1.24 bits per heavy atom. The SMILES string of the molecule is Cc1ccc(S(=O)(=O)OC(O)C(C)(C)O)cc1. The summed E-state index contributed by atoms with van der Waals surface area (Å²) in [5, 5.41) is 18.8. The van der Waals surface area contributed by atoms with Crippen LogP contribution in [0.3, 0.4) is 0 Å². The molecule has 6 heteroatoms. The summed E-state index contributed by atoms with van der Waals surface area (Å²) in [7, 11) is -4.07. The van der Waals surface area contributed by atoms with E-state index in [0.29, 0.717) is 0 Å². The molecule has 0 spiro atoms. The first-order chi connectivity index (χ1) is 7.63. The summed E-state index contributed by atoms with van der Waals surface area (Å²) < 4.78 is 27.9. The Bertz CT molecular complexity index is 470. The molecule has 1 aromatic rings. The minimum atomic E-state index is -4.07. The molecule has 0 bridgehead atoms. The van der Waals surface area contributed by atoms with E-state index >= 15 is 0 Å². The van der Waals surface area contributed by atoms with Crippen LogP contribution < -0.4 is 0 Å². The molecule has 5 nitrogen and oxygen atoms in total. The maximum Gasteiger partial charge on any atom is 0.299 e. The number of hydrogen-bond acceptors (Lipinski definition) is 5. The molecule has 1 aromatic carbocycles. The lowest BCUT2D eigenvalue weighted by Crippen LogP contribution is -2.39. The molecular formula is C11H16O5S. The highest BCUT2D eigenvalue weighted by atomic mass is 32.2. The molecule has 0 aromatic heterocycles. The summed E-state index contributed by atoms with van der Waals surface area (Å²) in [4.78, 5) is -0.0635. The van der Waals surface area contributed by atoms with Gasteiger partial charge in [0.2, 0.25) is 6.29 Å². The fraction of sp³-hybridized carbons (Fsp3) is 0.455. The molecule has 1 unspecified atom stereocenters. The normalized spacial score (nSPS) is 14.6. The topological polar surface area (TPSA) is 83.8 Å². The summed E-state index contributed by atoms with van der Waals surface area (Å²) in [5.74, 6) is 0. The van der Waals surface area contributed by atoms with Gasteiger partial charge in [0.25, 0.3) is 10.1 Å². The third-order valence-corrected chi connectivity index (χ3v) is 3.42. The van der Waals surface area contributed by atoms with E-state index in [1.54, 1.807) is 12.1 Å². The Hall–Kier alpha value is -0.950. The van der Waals surface area contributed by atoms with E-state index in [2.05, 4.69) is 4.18 Å². The first kappa shape index (κ1) is 14.1. The van der Waals surface area contributed by atoms with E-state index in [-0.39, 0.29) is 4.90 Å². The molecule has 0 aliphatic heterocycles. The van der Waals surface area contributed by atoms with Crippen molar-refractivity contribution >= 4 is 10.1 Å². The second-order valence-corrected chi connectivity index (χ2v) is 5.94. The molecule has 17 heavy (non-hydrogen) atoms. The maximum atomic E-state index is 11.7. The first-order valence-corrected chi connectivity index (χ1v) is 6.44. The van der Waals surface area contributed by atoms with Gasteiger partial charge in [0.15, 0.2) is 0 Å². The Balaban J connectivity index is 2.94. The van der Waals surface area contributed by atoms with Crippen LogP contribution in [-0.4, -0.2) is 30.5 Å². The van der Waals surface area contributed by atoms with E-state index in [9.17, 15) is 18.6 Å². The van der Waals surface area contributed by atoms with Crippen molar-refractivity contribution in [2.24, 2.45) is 0 Å². The monoisotopic (exact) mass is 260 g/mol. The average Bonchev–Trinajstić information content (AvgIpc) is 2.16. The van der Waals surface area contributed by atoms with Crippen LogP contribution in [0.4, 0.5) is 0 Å². The van der Waals surface area contributed by atoms with Crippen LogP contribution in [0.5, 0.6) is 0 Å². The van der Waals surface area contributed by atoms with Gasteiger partial charge in [0.05, 0.1) is 4.90 Å². The van der Waals surface area contributed by atoms with Crippen LogP contribution in [0.25, 0.3) is 0 Å². The third kappa shape index (κ3) is 3.78. The standard InChI is InChI=1S/C11H16O5S/c1-8-4-6-9(7-5-8)17(14,15)16-10(12)11(2,3)13/h4-7,10,12-13H,1-3H3. The van der Waals surface area contributed by atoms with Gasteiger partial charge in [-0.3, -0.25) is 0 Å². The van der Waals surface area contributed by atoms with Crippen molar-refractivity contribution in [2.45, 2.75) is 37.6 Å². The van der Waals surface area contributed by atoms with Gasteiger partial charge in [-0.1, -0.05) is 17.7 Å². The van der Waals surface area contributed by atoms with Crippen LogP contribution in [0, 0.1) is 6.92 Å². The second-order valence-electron chi connectivity index (χ2n) is 4.37. The smallest absolute Gasteiger partial charge is 0.299 e. The lowest BCUT2D eigenvalue weighted by atomic mass is 10.1. The summed E-state index contributed by atoms with van der Waals surface area (Å²) in [6.07, 6.45) is -1.81. The van der Waals surface area contributed by atoms with Crippen LogP contribution >= 0.6 is 0 Å². The average molecular weight is 260 g/mol. The van der Waals surface area contributed by atoms with E-state index in [1.807, 2.05) is 6.92 Å². The summed E-state index contributed by atoms with van der Waals surface area (Å²) in [5.41, 5.74) is -0.746. The molecule has 1 atom stereocenters. The molecule has 0 saturated heterocycles. The minimum absolute atomic E-state index is 0.0635. The molecular weight excluding hydrogens is 244 g/mol. The van der Waals surface area contributed by atoms with E-state index in [1.165, 1.54) is 26.0 Å². The number of aliphatic hydroxyl groups is 2. The fourth-order valence-corrected chi connectivity index (χ4v) is 2.05. The zero-order valence-corrected chi connectivity index (χ0v) is 10.7. The lowest BCUT2D eigenvalue weighted by molar-refractivity contribution is -0.147. The summed E-state index contributed by atoms with van der Waals surface area (Å²) in [6.45, 7) is 4.33. The van der Waals surface area contributed by atoms with E-state index < -0.39 is 22.0 Å². The Morgan fingerprint density at radius 2 is 1.71 bits per heavy atom. The Morgan fingerprint density at radius 3 is 2.12 bits per heavy atom.